The average Bonchev–Trinajstić information content (AvgIpc) is 2.64. The summed E-state index contributed by atoms with van der Waals surface area (Å²) in [5.74, 6) is 0.507. The molecule has 1 fully saturated rings. The van der Waals surface area contributed by atoms with Crippen molar-refractivity contribution in [1.29, 1.82) is 5.41 Å². The fourth-order valence-corrected chi connectivity index (χ4v) is 1.45. The van der Waals surface area contributed by atoms with E-state index in [1.54, 1.807) is 5.01 Å². The van der Waals surface area contributed by atoms with E-state index in [4.69, 9.17) is 5.41 Å². The van der Waals surface area contributed by atoms with E-state index in [0.29, 0.717) is 5.96 Å². The van der Waals surface area contributed by atoms with Crippen molar-refractivity contribution in [3.05, 3.63) is 0 Å². The van der Waals surface area contributed by atoms with Gasteiger partial charge >= 0.3 is 0 Å². The lowest BCUT2D eigenvalue weighted by Crippen LogP contribution is -2.37. The van der Waals surface area contributed by atoms with Crippen LogP contribution in [0.4, 0.5) is 0 Å². The number of hydrogen-bond donors (Lipinski definition) is 1. The number of guanidine groups is 1. The van der Waals surface area contributed by atoms with Crippen molar-refractivity contribution >= 4 is 12.2 Å². The van der Waals surface area contributed by atoms with Gasteiger partial charge in [0.2, 0.25) is 5.96 Å². The van der Waals surface area contributed by atoms with Gasteiger partial charge in [-0.1, -0.05) is 20.8 Å². The third-order valence-corrected chi connectivity index (χ3v) is 2.33. The van der Waals surface area contributed by atoms with Gasteiger partial charge in [-0.25, -0.2) is 5.01 Å². The highest BCUT2D eigenvalue weighted by Crippen LogP contribution is 2.11. The average molecular weight is 210 g/mol. The minimum Gasteiger partial charge on any atom is -0.342 e. The van der Waals surface area contributed by atoms with Gasteiger partial charge in [-0.2, -0.15) is 5.10 Å². The predicted octanol–water partition coefficient (Wildman–Crippen LogP) is 1.98. The van der Waals surface area contributed by atoms with E-state index in [1.807, 2.05) is 13.3 Å². The van der Waals surface area contributed by atoms with Gasteiger partial charge in [0, 0.05) is 26.4 Å². The van der Waals surface area contributed by atoms with Gasteiger partial charge in [-0.05, 0) is 18.3 Å². The molecular weight excluding hydrogens is 188 g/mol. The van der Waals surface area contributed by atoms with Gasteiger partial charge in [0.1, 0.15) is 0 Å². The summed E-state index contributed by atoms with van der Waals surface area (Å²) in [7, 11) is 1.84. The SMILES string of the molecule is CN(/N=C/C(C)(C)C)C(=N)N1CCCC1. The number of nitrogens with one attached hydrogen (secondary N) is 1. The Labute approximate surface area is 92.5 Å². The molecule has 0 amide bonds. The standard InChI is InChI=1S/C11H22N4/c1-11(2,3)9-13-14(4)10(12)15-7-5-6-8-15/h9,12H,5-8H2,1-4H3/b12-10?,13-9+. The molecule has 1 aliphatic heterocycles. The Kier molecular flexibility index (Phi) is 3.72. The highest BCUT2D eigenvalue weighted by atomic mass is 15.5. The van der Waals surface area contributed by atoms with E-state index in [1.165, 1.54) is 12.8 Å². The van der Waals surface area contributed by atoms with Crippen LogP contribution in [0.25, 0.3) is 0 Å². The zero-order chi connectivity index (χ0) is 11.5. The molecule has 1 heterocycles. The second-order valence-electron chi connectivity index (χ2n) is 5.15. The van der Waals surface area contributed by atoms with Gasteiger partial charge < -0.3 is 4.90 Å². The lowest BCUT2D eigenvalue weighted by molar-refractivity contribution is 0.397. The van der Waals surface area contributed by atoms with Crippen molar-refractivity contribution in [2.75, 3.05) is 20.1 Å². The molecule has 86 valence electrons. The van der Waals surface area contributed by atoms with Gasteiger partial charge in [0.15, 0.2) is 0 Å². The number of hydrogen-bond acceptors (Lipinski definition) is 2. The first-order valence-corrected chi connectivity index (χ1v) is 5.52. The van der Waals surface area contributed by atoms with Crippen LogP contribution in [-0.2, 0) is 0 Å². The first kappa shape index (κ1) is 12.0. The molecule has 0 atom stereocenters. The molecule has 0 aromatic rings. The Bertz CT molecular complexity index is 246. The molecule has 0 radical (unpaired) electrons. The van der Waals surface area contributed by atoms with Crippen LogP contribution in [0.5, 0.6) is 0 Å². The van der Waals surface area contributed by atoms with E-state index in [-0.39, 0.29) is 5.41 Å². The van der Waals surface area contributed by atoms with Crippen LogP contribution in [0.15, 0.2) is 5.10 Å². The van der Waals surface area contributed by atoms with Crippen LogP contribution in [0.3, 0.4) is 0 Å². The first-order chi connectivity index (χ1) is 6.90. The maximum Gasteiger partial charge on any atom is 0.214 e. The van der Waals surface area contributed by atoms with Crippen LogP contribution in [0.2, 0.25) is 0 Å². The molecule has 0 spiro atoms. The smallest absolute Gasteiger partial charge is 0.214 e. The second-order valence-corrected chi connectivity index (χ2v) is 5.15. The highest BCUT2D eigenvalue weighted by Gasteiger charge is 2.17. The summed E-state index contributed by atoms with van der Waals surface area (Å²) in [4.78, 5) is 2.07. The molecule has 0 aromatic carbocycles. The lowest BCUT2D eigenvalue weighted by Gasteiger charge is -2.24. The van der Waals surface area contributed by atoms with E-state index in [0.717, 1.165) is 13.1 Å². The maximum absolute atomic E-state index is 7.94. The number of hydrazone groups is 1. The number of rotatable bonds is 1. The molecule has 0 aromatic heterocycles. The van der Waals surface area contributed by atoms with Crippen molar-refractivity contribution in [1.82, 2.24) is 9.91 Å². The molecule has 0 saturated carbocycles. The molecule has 0 unspecified atom stereocenters. The Hall–Kier alpha value is -1.06. The minimum atomic E-state index is 0.0690. The zero-order valence-electron chi connectivity index (χ0n) is 10.2. The summed E-state index contributed by atoms with van der Waals surface area (Å²) in [5, 5.41) is 13.9. The zero-order valence-corrected chi connectivity index (χ0v) is 10.2. The molecule has 1 aliphatic rings. The van der Waals surface area contributed by atoms with Crippen molar-refractivity contribution in [3.8, 4) is 0 Å². The van der Waals surface area contributed by atoms with Crippen molar-refractivity contribution in [3.63, 3.8) is 0 Å². The molecule has 4 nitrogen and oxygen atoms in total. The molecule has 0 aliphatic carbocycles. The van der Waals surface area contributed by atoms with Gasteiger partial charge in [0.05, 0.1) is 0 Å². The van der Waals surface area contributed by atoms with Crippen molar-refractivity contribution < 1.29 is 0 Å². The molecule has 1 N–H and O–H groups in total. The summed E-state index contributed by atoms with van der Waals surface area (Å²) < 4.78 is 0. The van der Waals surface area contributed by atoms with Gasteiger partial charge in [0.25, 0.3) is 0 Å². The summed E-state index contributed by atoms with van der Waals surface area (Å²) in [5.41, 5.74) is 0.0690. The van der Waals surface area contributed by atoms with Crippen molar-refractivity contribution in [2.24, 2.45) is 10.5 Å². The summed E-state index contributed by atoms with van der Waals surface area (Å²) >= 11 is 0. The number of likely N-dealkylation sites (tertiary alicyclic amines) is 1. The van der Waals surface area contributed by atoms with Crippen LogP contribution < -0.4 is 0 Å². The third kappa shape index (κ3) is 3.90. The molecule has 15 heavy (non-hydrogen) atoms. The largest absolute Gasteiger partial charge is 0.342 e. The quantitative estimate of drug-likeness (QED) is 0.408. The van der Waals surface area contributed by atoms with E-state index >= 15 is 0 Å². The molecule has 1 rings (SSSR count). The minimum absolute atomic E-state index is 0.0690. The van der Waals surface area contributed by atoms with Crippen LogP contribution in [0, 0.1) is 10.8 Å². The Morgan fingerprint density at radius 1 is 1.33 bits per heavy atom. The van der Waals surface area contributed by atoms with Crippen LogP contribution >= 0.6 is 0 Å². The Morgan fingerprint density at radius 3 is 2.33 bits per heavy atom. The molecule has 0 bridgehead atoms. The van der Waals surface area contributed by atoms with Crippen LogP contribution in [-0.4, -0.2) is 42.2 Å². The first-order valence-electron chi connectivity index (χ1n) is 5.52. The van der Waals surface area contributed by atoms with E-state index in [9.17, 15) is 0 Å². The fraction of sp³-hybridized carbons (Fsp3) is 0.818. The highest BCUT2D eigenvalue weighted by molar-refractivity contribution is 5.78. The predicted molar refractivity (Wildman–Crippen MR) is 64.2 cm³/mol. The second kappa shape index (κ2) is 4.64. The third-order valence-electron chi connectivity index (χ3n) is 2.33. The molecule has 1 saturated heterocycles. The van der Waals surface area contributed by atoms with Gasteiger partial charge in [-0.15, -0.1) is 0 Å². The lowest BCUT2D eigenvalue weighted by atomic mass is 9.99. The molecule has 4 heteroatoms. The maximum atomic E-state index is 7.94. The summed E-state index contributed by atoms with van der Waals surface area (Å²) in [6.07, 6.45) is 4.27. The fourth-order valence-electron chi connectivity index (χ4n) is 1.45. The van der Waals surface area contributed by atoms with Crippen molar-refractivity contribution in [2.45, 2.75) is 33.6 Å². The molecular formula is C11H22N4. The van der Waals surface area contributed by atoms with E-state index in [2.05, 4.69) is 30.8 Å². The van der Waals surface area contributed by atoms with E-state index < -0.39 is 0 Å². The normalized spacial score (nSPS) is 17.5. The topological polar surface area (TPSA) is 42.7 Å². The Morgan fingerprint density at radius 2 is 1.87 bits per heavy atom. The Balaban J connectivity index is 2.49. The monoisotopic (exact) mass is 210 g/mol. The number of nitrogens with zero attached hydrogens (tertiary/aromatic N) is 3. The summed E-state index contributed by atoms with van der Waals surface area (Å²) in [6.45, 7) is 8.29. The van der Waals surface area contributed by atoms with Gasteiger partial charge in [-0.3, -0.25) is 5.41 Å². The summed E-state index contributed by atoms with van der Waals surface area (Å²) in [6, 6.07) is 0. The van der Waals surface area contributed by atoms with Crippen LogP contribution in [0.1, 0.15) is 33.6 Å².